The molecule has 2 rings (SSSR count). The normalized spacial score (nSPS) is 28.5. The molecule has 0 aromatic heterocycles. The summed E-state index contributed by atoms with van der Waals surface area (Å²) in [7, 11) is 0. The second kappa shape index (κ2) is 3.28. The first-order chi connectivity index (χ1) is 6.18. The molecule has 0 N–H and O–H groups in total. The molecule has 2 aliphatic carbocycles. The highest BCUT2D eigenvalue weighted by atomic mass is 16.1. The van der Waals surface area contributed by atoms with E-state index in [1.807, 2.05) is 0 Å². The molecule has 0 aromatic rings. The molecule has 0 spiro atoms. The van der Waals surface area contributed by atoms with Crippen molar-refractivity contribution >= 4 is 5.78 Å². The van der Waals surface area contributed by atoms with Crippen molar-refractivity contribution in [3.8, 4) is 0 Å². The van der Waals surface area contributed by atoms with Gasteiger partial charge >= 0.3 is 0 Å². The molecule has 0 bridgehead atoms. The van der Waals surface area contributed by atoms with Gasteiger partial charge in [0.05, 0.1) is 0 Å². The molecule has 1 nitrogen and oxygen atoms in total. The molecule has 0 fully saturated rings. The summed E-state index contributed by atoms with van der Waals surface area (Å²) in [5.41, 5.74) is 2.70. The van der Waals surface area contributed by atoms with Crippen LogP contribution in [0.5, 0.6) is 0 Å². The van der Waals surface area contributed by atoms with E-state index in [0.717, 1.165) is 31.1 Å². The summed E-state index contributed by atoms with van der Waals surface area (Å²) in [4.78, 5) is 11.4. The van der Waals surface area contributed by atoms with Gasteiger partial charge in [0.1, 0.15) is 0 Å². The van der Waals surface area contributed by atoms with Crippen LogP contribution in [0.15, 0.2) is 11.1 Å². The van der Waals surface area contributed by atoms with Crippen LogP contribution in [-0.4, -0.2) is 5.78 Å². The molecular formula is C12H18O. The number of hydrogen-bond donors (Lipinski definition) is 0. The van der Waals surface area contributed by atoms with Crippen LogP contribution in [0.2, 0.25) is 0 Å². The molecule has 0 aromatic carbocycles. The van der Waals surface area contributed by atoms with Gasteiger partial charge in [-0.2, -0.15) is 0 Å². The summed E-state index contributed by atoms with van der Waals surface area (Å²) in [6.07, 6.45) is 5.38. The average molecular weight is 178 g/mol. The highest BCUT2D eigenvalue weighted by Crippen LogP contribution is 2.40. The van der Waals surface area contributed by atoms with Crippen molar-refractivity contribution in [1.82, 2.24) is 0 Å². The number of allylic oxidation sites excluding steroid dienone is 2. The number of rotatable bonds is 1. The Hall–Kier alpha value is -0.590. The fourth-order valence-corrected chi connectivity index (χ4v) is 2.62. The maximum Gasteiger partial charge on any atom is 0.159 e. The average Bonchev–Trinajstić information content (AvgIpc) is 2.47. The van der Waals surface area contributed by atoms with E-state index >= 15 is 0 Å². The van der Waals surface area contributed by atoms with Crippen molar-refractivity contribution in [1.29, 1.82) is 0 Å². The van der Waals surface area contributed by atoms with Crippen LogP contribution in [-0.2, 0) is 4.79 Å². The highest BCUT2D eigenvalue weighted by molar-refractivity contribution is 5.98. The third-order valence-corrected chi connectivity index (χ3v) is 3.63. The van der Waals surface area contributed by atoms with Gasteiger partial charge in [0.25, 0.3) is 0 Å². The van der Waals surface area contributed by atoms with Gasteiger partial charge < -0.3 is 0 Å². The molecule has 0 saturated carbocycles. The zero-order valence-electron chi connectivity index (χ0n) is 8.60. The first-order valence-electron chi connectivity index (χ1n) is 5.42. The Balaban J connectivity index is 2.12. The third kappa shape index (κ3) is 1.56. The van der Waals surface area contributed by atoms with Gasteiger partial charge in [0.2, 0.25) is 0 Å². The van der Waals surface area contributed by atoms with E-state index in [0.29, 0.717) is 5.78 Å². The molecule has 1 atom stereocenters. The Morgan fingerprint density at radius 3 is 2.69 bits per heavy atom. The molecule has 2 aliphatic rings. The van der Waals surface area contributed by atoms with Crippen LogP contribution in [0, 0.1) is 11.8 Å². The maximum atomic E-state index is 11.4. The standard InChI is InChI=1S/C12H18O/c1-8(2)9-3-5-11-10(7-9)4-6-12(11)13/h8-9H,3-7H2,1-2H3. The summed E-state index contributed by atoms with van der Waals surface area (Å²) in [6.45, 7) is 4.60. The van der Waals surface area contributed by atoms with Crippen LogP contribution in [0.25, 0.3) is 0 Å². The zero-order chi connectivity index (χ0) is 9.42. The molecule has 1 unspecified atom stereocenters. The summed E-state index contributed by atoms with van der Waals surface area (Å²) < 4.78 is 0. The maximum absolute atomic E-state index is 11.4. The third-order valence-electron chi connectivity index (χ3n) is 3.63. The molecule has 0 saturated heterocycles. The van der Waals surface area contributed by atoms with E-state index in [1.165, 1.54) is 24.0 Å². The second-order valence-electron chi connectivity index (χ2n) is 4.75. The van der Waals surface area contributed by atoms with Gasteiger partial charge in [-0.15, -0.1) is 0 Å². The lowest BCUT2D eigenvalue weighted by Crippen LogP contribution is -2.15. The van der Waals surface area contributed by atoms with Gasteiger partial charge in [-0.3, -0.25) is 4.79 Å². The smallest absolute Gasteiger partial charge is 0.159 e. The van der Waals surface area contributed by atoms with Crippen LogP contribution in [0.1, 0.15) is 46.0 Å². The largest absolute Gasteiger partial charge is 0.295 e. The molecule has 0 radical (unpaired) electrons. The van der Waals surface area contributed by atoms with Crippen molar-refractivity contribution in [3.63, 3.8) is 0 Å². The van der Waals surface area contributed by atoms with Gasteiger partial charge in [0.15, 0.2) is 5.78 Å². The SMILES string of the molecule is CC(C)C1CCC2=C(CCC2=O)C1. The number of hydrogen-bond acceptors (Lipinski definition) is 1. The van der Waals surface area contributed by atoms with E-state index in [-0.39, 0.29) is 0 Å². The minimum atomic E-state index is 0.442. The molecule has 0 heterocycles. The Labute approximate surface area is 80.2 Å². The van der Waals surface area contributed by atoms with Gasteiger partial charge in [-0.25, -0.2) is 0 Å². The quantitative estimate of drug-likeness (QED) is 0.603. The van der Waals surface area contributed by atoms with Gasteiger partial charge in [-0.05, 0) is 43.1 Å². The van der Waals surface area contributed by atoms with Crippen molar-refractivity contribution in [2.45, 2.75) is 46.0 Å². The van der Waals surface area contributed by atoms with Crippen LogP contribution in [0.3, 0.4) is 0 Å². The van der Waals surface area contributed by atoms with Crippen molar-refractivity contribution < 1.29 is 4.79 Å². The van der Waals surface area contributed by atoms with Gasteiger partial charge in [0, 0.05) is 6.42 Å². The summed E-state index contributed by atoms with van der Waals surface area (Å²) in [5, 5.41) is 0. The number of carbonyl (C=O) groups excluding carboxylic acids is 1. The van der Waals surface area contributed by atoms with Crippen molar-refractivity contribution in [2.24, 2.45) is 11.8 Å². The number of Topliss-reactive ketones (excluding diaryl/α,β-unsaturated/α-hetero) is 1. The lowest BCUT2D eigenvalue weighted by molar-refractivity contribution is -0.115. The van der Waals surface area contributed by atoms with E-state index in [4.69, 9.17) is 0 Å². The summed E-state index contributed by atoms with van der Waals surface area (Å²) in [5.74, 6) is 2.06. The molecule has 0 aliphatic heterocycles. The summed E-state index contributed by atoms with van der Waals surface area (Å²) in [6, 6.07) is 0. The topological polar surface area (TPSA) is 17.1 Å². The minimum Gasteiger partial charge on any atom is -0.295 e. The van der Waals surface area contributed by atoms with Crippen LogP contribution in [0.4, 0.5) is 0 Å². The number of carbonyl (C=O) groups is 1. The fraction of sp³-hybridized carbons (Fsp3) is 0.750. The lowest BCUT2D eigenvalue weighted by atomic mass is 9.79. The molecule has 1 heteroatoms. The Bertz CT molecular complexity index is 260. The highest BCUT2D eigenvalue weighted by Gasteiger charge is 2.30. The minimum absolute atomic E-state index is 0.442. The van der Waals surface area contributed by atoms with E-state index in [9.17, 15) is 4.79 Å². The Morgan fingerprint density at radius 1 is 1.23 bits per heavy atom. The van der Waals surface area contributed by atoms with Gasteiger partial charge in [-0.1, -0.05) is 19.4 Å². The first-order valence-corrected chi connectivity index (χ1v) is 5.42. The monoisotopic (exact) mass is 178 g/mol. The first kappa shape index (κ1) is 8.98. The zero-order valence-corrected chi connectivity index (χ0v) is 8.60. The summed E-state index contributed by atoms with van der Waals surface area (Å²) >= 11 is 0. The Kier molecular flexibility index (Phi) is 2.27. The van der Waals surface area contributed by atoms with Crippen LogP contribution < -0.4 is 0 Å². The van der Waals surface area contributed by atoms with E-state index in [2.05, 4.69) is 13.8 Å². The van der Waals surface area contributed by atoms with Crippen LogP contribution >= 0.6 is 0 Å². The fourth-order valence-electron chi connectivity index (χ4n) is 2.62. The lowest BCUT2D eigenvalue weighted by Gasteiger charge is -2.26. The number of ketones is 1. The Morgan fingerprint density at radius 2 is 2.00 bits per heavy atom. The van der Waals surface area contributed by atoms with Crippen molar-refractivity contribution in [3.05, 3.63) is 11.1 Å². The second-order valence-corrected chi connectivity index (χ2v) is 4.75. The molecule has 13 heavy (non-hydrogen) atoms. The molecular weight excluding hydrogens is 160 g/mol. The predicted octanol–water partition coefficient (Wildman–Crippen LogP) is 3.10. The van der Waals surface area contributed by atoms with E-state index < -0.39 is 0 Å². The van der Waals surface area contributed by atoms with Crippen molar-refractivity contribution in [2.75, 3.05) is 0 Å². The predicted molar refractivity (Wildman–Crippen MR) is 53.4 cm³/mol. The molecule has 72 valence electrons. The molecule has 0 amide bonds. The van der Waals surface area contributed by atoms with E-state index in [1.54, 1.807) is 0 Å².